The highest BCUT2D eigenvalue weighted by molar-refractivity contribution is 9.10. The molecule has 3 N–H and O–H groups in total. The molecule has 5 aromatic rings. The maximum absolute atomic E-state index is 6.49. The van der Waals surface area contributed by atoms with E-state index in [1.54, 1.807) is 0 Å². The van der Waals surface area contributed by atoms with Crippen LogP contribution in [0.3, 0.4) is 0 Å². The molecule has 0 saturated carbocycles. The number of nitrogens with one attached hydrogen (secondary N) is 1. The number of fused-ring (bicyclic) bond motifs is 1. The molecule has 1 aliphatic heterocycles. The molecule has 1 atom stereocenters. The number of nitrogens with two attached hydrogens (primary N) is 1. The van der Waals surface area contributed by atoms with E-state index in [1.807, 2.05) is 30.5 Å². The molecular formula is C29H26BrClN6O. The van der Waals surface area contributed by atoms with Gasteiger partial charge in [-0.1, -0.05) is 58.4 Å². The molecule has 0 bridgehead atoms. The van der Waals surface area contributed by atoms with E-state index in [-0.39, 0.29) is 18.5 Å². The minimum Gasteiger partial charge on any atom is -0.383 e. The molecule has 1 unspecified atom stereocenters. The summed E-state index contributed by atoms with van der Waals surface area (Å²) in [4.78, 5) is 18.8. The summed E-state index contributed by atoms with van der Waals surface area (Å²) < 4.78 is 7.09. The molecule has 0 aliphatic carbocycles. The van der Waals surface area contributed by atoms with Gasteiger partial charge >= 0.3 is 0 Å². The van der Waals surface area contributed by atoms with Crippen molar-refractivity contribution in [3.8, 4) is 22.4 Å². The van der Waals surface area contributed by atoms with Crippen LogP contribution in [0.25, 0.3) is 33.4 Å². The summed E-state index contributed by atoms with van der Waals surface area (Å²) in [7, 11) is 0. The van der Waals surface area contributed by atoms with Crippen molar-refractivity contribution in [3.05, 3.63) is 101 Å². The van der Waals surface area contributed by atoms with Gasteiger partial charge in [0.15, 0.2) is 5.65 Å². The van der Waals surface area contributed by atoms with Gasteiger partial charge in [0.2, 0.25) is 0 Å². The smallest absolute Gasteiger partial charge is 0.165 e. The lowest BCUT2D eigenvalue weighted by Gasteiger charge is -2.26. The Morgan fingerprint density at radius 3 is 2.66 bits per heavy atom. The maximum Gasteiger partial charge on any atom is 0.165 e. The van der Waals surface area contributed by atoms with Gasteiger partial charge in [-0.15, -0.1) is 12.4 Å². The predicted molar refractivity (Wildman–Crippen MR) is 156 cm³/mol. The number of hydrogen-bond acceptors (Lipinski definition) is 7. The Balaban J connectivity index is 0.00000294. The zero-order valence-corrected chi connectivity index (χ0v) is 22.9. The standard InChI is InChI=1S/C29H25BrN6O.ClH/c30-20-9-4-8-19(15-20)24-22(14-18-6-2-1-3-7-18)26(36-29-25(24)28(31)34-17-35-29)21-10-5-11-33-27(21)23-16-32-12-13-37-23;/h1-11,15,17,23,32H,12-14,16H2,(H2,31,34,35,36);1H. The molecule has 1 fully saturated rings. The molecule has 38 heavy (non-hydrogen) atoms. The highest BCUT2D eigenvalue weighted by atomic mass is 79.9. The highest BCUT2D eigenvalue weighted by Gasteiger charge is 2.26. The van der Waals surface area contributed by atoms with Crippen LogP contribution in [0.2, 0.25) is 0 Å². The van der Waals surface area contributed by atoms with Gasteiger partial charge in [-0.3, -0.25) is 4.98 Å². The lowest BCUT2D eigenvalue weighted by atomic mass is 9.88. The van der Waals surface area contributed by atoms with Crippen LogP contribution >= 0.6 is 28.3 Å². The van der Waals surface area contributed by atoms with E-state index in [2.05, 4.69) is 73.7 Å². The number of benzene rings is 2. The van der Waals surface area contributed by atoms with Crippen molar-refractivity contribution in [1.82, 2.24) is 25.3 Å². The first-order chi connectivity index (χ1) is 18.2. The van der Waals surface area contributed by atoms with E-state index in [0.717, 1.165) is 55.6 Å². The first kappa shape index (κ1) is 26.2. The Hall–Kier alpha value is -3.43. The van der Waals surface area contributed by atoms with Gasteiger partial charge in [0.25, 0.3) is 0 Å². The number of rotatable bonds is 5. The molecule has 7 nitrogen and oxygen atoms in total. The maximum atomic E-state index is 6.49. The monoisotopic (exact) mass is 588 g/mol. The Morgan fingerprint density at radius 2 is 1.87 bits per heavy atom. The third-order valence-electron chi connectivity index (χ3n) is 6.58. The molecule has 0 radical (unpaired) electrons. The summed E-state index contributed by atoms with van der Waals surface area (Å²) in [6, 6.07) is 22.6. The predicted octanol–water partition coefficient (Wildman–Crippen LogP) is 5.77. The number of morpholine rings is 1. The fourth-order valence-corrected chi connectivity index (χ4v) is 5.33. The normalized spacial score (nSPS) is 15.2. The van der Waals surface area contributed by atoms with Crippen molar-refractivity contribution in [1.29, 1.82) is 0 Å². The molecule has 4 heterocycles. The quantitative estimate of drug-likeness (QED) is 0.268. The number of nitrogen functional groups attached to an aromatic ring is 1. The second-order valence-corrected chi connectivity index (χ2v) is 9.86. The van der Waals surface area contributed by atoms with Gasteiger partial charge in [0.1, 0.15) is 18.2 Å². The Kier molecular flexibility index (Phi) is 7.95. The molecule has 2 aromatic carbocycles. The molecular weight excluding hydrogens is 564 g/mol. The van der Waals surface area contributed by atoms with Crippen molar-refractivity contribution < 1.29 is 4.74 Å². The summed E-state index contributed by atoms with van der Waals surface area (Å²) in [5.74, 6) is 0.402. The Morgan fingerprint density at radius 1 is 1.00 bits per heavy atom. The third kappa shape index (κ3) is 5.13. The molecule has 0 spiro atoms. The summed E-state index contributed by atoms with van der Waals surface area (Å²) in [5.41, 5.74) is 13.8. The van der Waals surface area contributed by atoms with E-state index in [4.69, 9.17) is 20.4 Å². The zero-order chi connectivity index (χ0) is 25.2. The first-order valence-corrected chi connectivity index (χ1v) is 13.0. The van der Waals surface area contributed by atoms with Crippen molar-refractivity contribution in [2.45, 2.75) is 12.5 Å². The molecule has 192 valence electrons. The summed E-state index contributed by atoms with van der Waals surface area (Å²) >= 11 is 3.65. The van der Waals surface area contributed by atoms with Crippen LogP contribution in [0, 0.1) is 0 Å². The Labute approximate surface area is 235 Å². The van der Waals surface area contributed by atoms with Crippen molar-refractivity contribution in [2.75, 3.05) is 25.4 Å². The van der Waals surface area contributed by atoms with Crippen LogP contribution in [-0.4, -0.2) is 39.6 Å². The number of nitrogens with zero attached hydrogens (tertiary/aromatic N) is 4. The van der Waals surface area contributed by atoms with Gasteiger partial charge in [-0.25, -0.2) is 15.0 Å². The minimum absolute atomic E-state index is 0. The fraction of sp³-hybridized carbons (Fsp3) is 0.172. The van der Waals surface area contributed by atoms with Crippen molar-refractivity contribution in [2.24, 2.45) is 0 Å². The van der Waals surface area contributed by atoms with Crippen LogP contribution in [0.4, 0.5) is 5.82 Å². The number of ether oxygens (including phenoxy) is 1. The second kappa shape index (κ2) is 11.5. The largest absolute Gasteiger partial charge is 0.383 e. The second-order valence-electron chi connectivity index (χ2n) is 8.94. The molecule has 6 rings (SSSR count). The molecule has 1 aliphatic rings. The van der Waals surface area contributed by atoms with E-state index in [0.29, 0.717) is 31.0 Å². The van der Waals surface area contributed by atoms with Gasteiger partial charge in [0, 0.05) is 41.3 Å². The number of hydrogen-bond donors (Lipinski definition) is 2. The van der Waals surface area contributed by atoms with E-state index in [9.17, 15) is 0 Å². The number of aromatic nitrogens is 4. The van der Waals surface area contributed by atoms with Gasteiger partial charge in [0.05, 0.1) is 23.4 Å². The van der Waals surface area contributed by atoms with Gasteiger partial charge in [-0.05, 0) is 41.0 Å². The Bertz CT molecular complexity index is 1580. The molecule has 0 amide bonds. The van der Waals surface area contributed by atoms with Gasteiger partial charge < -0.3 is 15.8 Å². The highest BCUT2D eigenvalue weighted by Crippen LogP contribution is 2.41. The topological polar surface area (TPSA) is 98.8 Å². The number of pyridine rings is 2. The van der Waals surface area contributed by atoms with Crippen molar-refractivity contribution >= 4 is 45.2 Å². The zero-order valence-electron chi connectivity index (χ0n) is 20.5. The summed E-state index contributed by atoms with van der Waals surface area (Å²) in [5, 5.41) is 4.17. The molecule has 1 saturated heterocycles. The average Bonchev–Trinajstić information content (AvgIpc) is 2.94. The summed E-state index contributed by atoms with van der Waals surface area (Å²) in [6.07, 6.45) is 3.75. The van der Waals surface area contributed by atoms with E-state index in [1.165, 1.54) is 6.33 Å². The number of anilines is 1. The average molecular weight is 590 g/mol. The van der Waals surface area contributed by atoms with E-state index >= 15 is 0 Å². The van der Waals surface area contributed by atoms with Gasteiger partial charge in [-0.2, -0.15) is 0 Å². The lowest BCUT2D eigenvalue weighted by molar-refractivity contribution is 0.0254. The van der Waals surface area contributed by atoms with Crippen molar-refractivity contribution in [3.63, 3.8) is 0 Å². The SMILES string of the molecule is Cl.Nc1ncnc2nc(-c3cccnc3C3CNCCO3)c(Cc3ccccc3)c(-c3cccc(Br)c3)c12. The van der Waals surface area contributed by atoms with Crippen LogP contribution in [0.15, 0.2) is 83.7 Å². The first-order valence-electron chi connectivity index (χ1n) is 12.2. The summed E-state index contributed by atoms with van der Waals surface area (Å²) in [6.45, 7) is 2.16. The van der Waals surface area contributed by atoms with E-state index < -0.39 is 0 Å². The minimum atomic E-state index is -0.170. The van der Waals surface area contributed by atoms with Crippen LogP contribution in [-0.2, 0) is 11.2 Å². The molecule has 3 aromatic heterocycles. The van der Waals surface area contributed by atoms with Crippen LogP contribution < -0.4 is 11.1 Å². The lowest BCUT2D eigenvalue weighted by Crippen LogP contribution is -2.34. The molecule has 9 heteroatoms. The van der Waals surface area contributed by atoms with Crippen LogP contribution in [0.5, 0.6) is 0 Å². The number of halogens is 2. The fourth-order valence-electron chi connectivity index (χ4n) is 4.93. The van der Waals surface area contributed by atoms with Crippen LogP contribution in [0.1, 0.15) is 22.9 Å². The third-order valence-corrected chi connectivity index (χ3v) is 7.07.